The molecule has 1 unspecified atom stereocenters. The zero-order valence-corrected chi connectivity index (χ0v) is 21.9. The normalized spacial score (nSPS) is 12.4. The van der Waals surface area contributed by atoms with Crippen LogP contribution in [0.1, 0.15) is 29.4 Å². The monoisotopic (exact) mass is 511 g/mol. The lowest BCUT2D eigenvalue weighted by Gasteiger charge is -2.19. The van der Waals surface area contributed by atoms with Crippen LogP contribution < -0.4 is 11.1 Å². The maximum absolute atomic E-state index is 13.8. The summed E-state index contributed by atoms with van der Waals surface area (Å²) >= 11 is 0. The summed E-state index contributed by atoms with van der Waals surface area (Å²) in [6.45, 7) is 4.65. The molecule has 2 aromatic carbocycles. The van der Waals surface area contributed by atoms with Gasteiger partial charge in [-0.15, -0.1) is 0 Å². The molecule has 0 saturated carbocycles. The van der Waals surface area contributed by atoms with E-state index in [0.717, 1.165) is 28.5 Å². The van der Waals surface area contributed by atoms with Crippen molar-refractivity contribution in [3.05, 3.63) is 78.0 Å². The van der Waals surface area contributed by atoms with Crippen LogP contribution in [-0.2, 0) is 0 Å². The Morgan fingerprint density at radius 1 is 1.11 bits per heavy atom. The average Bonchev–Trinajstić information content (AvgIpc) is 3.35. The van der Waals surface area contributed by atoms with Crippen molar-refractivity contribution in [1.82, 2.24) is 29.6 Å². The second-order valence-corrected chi connectivity index (χ2v) is 9.74. The van der Waals surface area contributed by atoms with E-state index in [1.165, 1.54) is 12.1 Å². The summed E-state index contributed by atoms with van der Waals surface area (Å²) in [6, 6.07) is 14.3. The molecule has 0 fully saturated rings. The number of nitrogens with one attached hydrogen (secondary N) is 1. The molecule has 0 aliphatic heterocycles. The number of halogens is 1. The Kier molecular flexibility index (Phi) is 6.77. The number of nitrogens with zero attached hydrogens (tertiary/aromatic N) is 5. The lowest BCUT2D eigenvalue weighted by atomic mass is 10.0. The number of imidazole rings is 1. The van der Waals surface area contributed by atoms with E-state index in [4.69, 9.17) is 5.73 Å². The molecule has 3 N–H and O–H groups in total. The van der Waals surface area contributed by atoms with Gasteiger partial charge >= 0.3 is 0 Å². The van der Waals surface area contributed by atoms with E-state index < -0.39 is 0 Å². The lowest BCUT2D eigenvalue weighted by Crippen LogP contribution is -2.31. The molecule has 8 nitrogen and oxygen atoms in total. The van der Waals surface area contributed by atoms with Gasteiger partial charge in [0.1, 0.15) is 11.5 Å². The second-order valence-electron chi connectivity index (χ2n) is 9.74. The van der Waals surface area contributed by atoms with Crippen molar-refractivity contribution in [2.75, 3.05) is 26.4 Å². The topological polar surface area (TPSA) is 101 Å². The number of hydrogen-bond donors (Lipinski definition) is 2. The van der Waals surface area contributed by atoms with Crippen molar-refractivity contribution >= 4 is 28.3 Å². The quantitative estimate of drug-likeness (QED) is 0.328. The van der Waals surface area contributed by atoms with Gasteiger partial charge in [0, 0.05) is 41.5 Å². The number of anilines is 1. The molecule has 5 rings (SSSR count). The van der Waals surface area contributed by atoms with E-state index in [2.05, 4.69) is 32.1 Å². The molecule has 0 aliphatic rings. The van der Waals surface area contributed by atoms with Crippen LogP contribution in [-0.4, -0.2) is 56.8 Å². The summed E-state index contributed by atoms with van der Waals surface area (Å²) in [4.78, 5) is 28.8. The van der Waals surface area contributed by atoms with Gasteiger partial charge in [-0.2, -0.15) is 0 Å². The summed E-state index contributed by atoms with van der Waals surface area (Å²) in [5.74, 6) is -0.458. The molecule has 0 spiro atoms. The first kappa shape index (κ1) is 25.3. The van der Waals surface area contributed by atoms with Crippen molar-refractivity contribution < 1.29 is 9.18 Å². The molecule has 0 aliphatic carbocycles. The highest BCUT2D eigenvalue weighted by atomic mass is 19.1. The van der Waals surface area contributed by atoms with Crippen molar-refractivity contribution in [2.45, 2.75) is 26.3 Å². The SMILES string of the molecule is Cc1ccnc2ccc(-c3c(-c4ccc(F)cc4)nc(N)c4nc(C(=O)NCCC(C)N(C)C)cn34)cc12. The number of carbonyl (C=O) groups excluding carboxylic acids is 1. The van der Waals surface area contributed by atoms with E-state index in [1.54, 1.807) is 28.9 Å². The fourth-order valence-corrected chi connectivity index (χ4v) is 4.44. The van der Waals surface area contributed by atoms with Crippen LogP contribution in [0, 0.1) is 12.7 Å². The highest BCUT2D eigenvalue weighted by Gasteiger charge is 2.21. The maximum atomic E-state index is 13.8. The number of hydrogen-bond acceptors (Lipinski definition) is 6. The third-order valence-corrected chi connectivity index (χ3v) is 6.94. The minimum absolute atomic E-state index is 0.173. The predicted octanol–water partition coefficient (Wildman–Crippen LogP) is 4.71. The van der Waals surface area contributed by atoms with E-state index in [1.807, 2.05) is 45.3 Å². The van der Waals surface area contributed by atoms with Gasteiger partial charge < -0.3 is 16.0 Å². The van der Waals surface area contributed by atoms with E-state index >= 15 is 0 Å². The third-order valence-electron chi connectivity index (χ3n) is 6.94. The number of amides is 1. The van der Waals surface area contributed by atoms with E-state index in [-0.39, 0.29) is 23.2 Å². The summed E-state index contributed by atoms with van der Waals surface area (Å²) in [5.41, 5.74) is 11.7. The highest BCUT2D eigenvalue weighted by molar-refractivity contribution is 5.95. The Morgan fingerprint density at radius 2 is 1.84 bits per heavy atom. The molecule has 1 amide bonds. The van der Waals surface area contributed by atoms with Gasteiger partial charge in [0.05, 0.1) is 16.9 Å². The Labute approximate surface area is 220 Å². The molecule has 1 atom stereocenters. The molecule has 0 bridgehead atoms. The van der Waals surface area contributed by atoms with E-state index in [9.17, 15) is 9.18 Å². The van der Waals surface area contributed by atoms with Crippen LogP contribution in [0.25, 0.3) is 39.1 Å². The van der Waals surface area contributed by atoms with Gasteiger partial charge in [-0.05, 0) is 82.4 Å². The average molecular weight is 512 g/mol. The number of nitrogen functional groups attached to an aromatic ring is 1. The zero-order valence-electron chi connectivity index (χ0n) is 21.9. The molecular formula is C29H30FN7O. The van der Waals surface area contributed by atoms with Gasteiger partial charge in [-0.3, -0.25) is 14.2 Å². The largest absolute Gasteiger partial charge is 0.381 e. The molecule has 0 radical (unpaired) electrons. The van der Waals surface area contributed by atoms with Gasteiger partial charge in [-0.25, -0.2) is 14.4 Å². The van der Waals surface area contributed by atoms with Gasteiger partial charge in [0.25, 0.3) is 5.91 Å². The fraction of sp³-hybridized carbons (Fsp3) is 0.241. The molecule has 5 aromatic rings. The number of benzene rings is 2. The summed E-state index contributed by atoms with van der Waals surface area (Å²) in [5, 5.41) is 3.95. The van der Waals surface area contributed by atoms with Crippen LogP contribution in [0.5, 0.6) is 0 Å². The molecule has 3 heterocycles. The Morgan fingerprint density at radius 3 is 2.58 bits per heavy atom. The minimum Gasteiger partial charge on any atom is -0.381 e. The number of fused-ring (bicyclic) bond motifs is 2. The summed E-state index contributed by atoms with van der Waals surface area (Å²) < 4.78 is 15.5. The van der Waals surface area contributed by atoms with Crippen molar-refractivity contribution in [3.8, 4) is 22.5 Å². The fourth-order valence-electron chi connectivity index (χ4n) is 4.44. The molecular weight excluding hydrogens is 481 g/mol. The van der Waals surface area contributed by atoms with Gasteiger partial charge in [0.2, 0.25) is 0 Å². The standard InChI is InChI=1S/C29H30FN7O/c1-17-11-13-32-23-10-7-20(15-22(17)23)26-25(19-5-8-21(30)9-6-19)35-27(31)28-34-24(16-37(26)28)29(38)33-14-12-18(2)36(3)4/h5-11,13,15-16,18H,12,14H2,1-4H3,(H2,31,35)(H,33,38). The Bertz CT molecular complexity index is 1640. The van der Waals surface area contributed by atoms with E-state index in [0.29, 0.717) is 35.2 Å². The van der Waals surface area contributed by atoms with Crippen LogP contribution in [0.3, 0.4) is 0 Å². The number of nitrogens with two attached hydrogens (primary N) is 1. The number of rotatable bonds is 7. The first-order chi connectivity index (χ1) is 18.2. The molecule has 9 heteroatoms. The number of aromatic nitrogens is 4. The second kappa shape index (κ2) is 10.2. The molecule has 0 saturated heterocycles. The van der Waals surface area contributed by atoms with Crippen LogP contribution >= 0.6 is 0 Å². The first-order valence-corrected chi connectivity index (χ1v) is 12.5. The van der Waals surface area contributed by atoms with Gasteiger partial charge in [0.15, 0.2) is 11.5 Å². The van der Waals surface area contributed by atoms with Crippen LogP contribution in [0.2, 0.25) is 0 Å². The molecule has 38 heavy (non-hydrogen) atoms. The lowest BCUT2D eigenvalue weighted by molar-refractivity contribution is 0.0946. The number of pyridine rings is 1. The maximum Gasteiger partial charge on any atom is 0.271 e. The zero-order chi connectivity index (χ0) is 27.0. The number of aryl methyl sites for hydroxylation is 1. The highest BCUT2D eigenvalue weighted by Crippen LogP contribution is 2.35. The predicted molar refractivity (Wildman–Crippen MR) is 148 cm³/mol. The van der Waals surface area contributed by atoms with Crippen LogP contribution in [0.4, 0.5) is 10.2 Å². The first-order valence-electron chi connectivity index (χ1n) is 12.5. The smallest absolute Gasteiger partial charge is 0.271 e. The summed E-state index contributed by atoms with van der Waals surface area (Å²) in [7, 11) is 4.02. The Hall–Kier alpha value is -4.37. The number of carbonyl (C=O) groups is 1. The summed E-state index contributed by atoms with van der Waals surface area (Å²) in [6.07, 6.45) is 4.27. The Balaban J connectivity index is 1.65. The van der Waals surface area contributed by atoms with Gasteiger partial charge in [-0.1, -0.05) is 6.07 Å². The van der Waals surface area contributed by atoms with Crippen molar-refractivity contribution in [1.29, 1.82) is 0 Å². The third kappa shape index (κ3) is 4.80. The molecule has 194 valence electrons. The van der Waals surface area contributed by atoms with Crippen molar-refractivity contribution in [2.24, 2.45) is 0 Å². The van der Waals surface area contributed by atoms with Crippen molar-refractivity contribution in [3.63, 3.8) is 0 Å². The molecule has 3 aromatic heterocycles. The van der Waals surface area contributed by atoms with Crippen LogP contribution in [0.15, 0.2) is 60.9 Å². The minimum atomic E-state index is -0.345.